The normalized spacial score (nSPS) is 10.8. The Balaban J connectivity index is 2.43. The van der Waals surface area contributed by atoms with Gasteiger partial charge in [-0.2, -0.15) is 0 Å². The lowest BCUT2D eigenvalue weighted by Gasteiger charge is -2.07. The maximum absolute atomic E-state index is 13.4. The third-order valence-corrected chi connectivity index (χ3v) is 3.26. The zero-order valence-corrected chi connectivity index (χ0v) is 11.3. The maximum Gasteiger partial charge on any atom is 0.266 e. The fraction of sp³-hybridized carbons (Fsp3) is 0. The highest BCUT2D eigenvalue weighted by atomic mass is 35.5. The van der Waals surface area contributed by atoms with Crippen molar-refractivity contribution in [2.75, 3.05) is 0 Å². The smallest absolute Gasteiger partial charge is 0.266 e. The summed E-state index contributed by atoms with van der Waals surface area (Å²) in [5.74, 6) is -0.500. The molecule has 0 fully saturated rings. The first kappa shape index (κ1) is 13.5. The summed E-state index contributed by atoms with van der Waals surface area (Å²) in [6.45, 7) is 0. The third-order valence-electron chi connectivity index (χ3n) is 3.04. The Hall–Kier alpha value is -2.53. The van der Waals surface area contributed by atoms with Gasteiger partial charge in [-0.15, -0.1) is 0 Å². The van der Waals surface area contributed by atoms with Crippen LogP contribution in [0.25, 0.3) is 16.8 Å². The van der Waals surface area contributed by atoms with Crippen molar-refractivity contribution in [3.05, 3.63) is 69.5 Å². The van der Waals surface area contributed by atoms with Gasteiger partial charge < -0.3 is 0 Å². The zero-order valence-electron chi connectivity index (χ0n) is 10.6. The quantitative estimate of drug-likeness (QED) is 0.684. The molecule has 0 N–H and O–H groups in total. The lowest BCUT2D eigenvalue weighted by molar-refractivity contribution is 0.111. The first-order valence-corrected chi connectivity index (χ1v) is 6.41. The molecule has 0 radical (unpaired) electrons. The Morgan fingerprint density at radius 2 is 2.05 bits per heavy atom. The standard InChI is InChI=1S/C15H8ClFN2O2/c16-10-4-5-13-18-12(8-20)14(15(21)19(13)7-10)9-2-1-3-11(17)6-9/h1-8H. The summed E-state index contributed by atoms with van der Waals surface area (Å²) in [6.07, 6.45) is 1.89. The van der Waals surface area contributed by atoms with Crippen LogP contribution >= 0.6 is 11.6 Å². The molecule has 2 heterocycles. The molecule has 2 aromatic heterocycles. The van der Waals surface area contributed by atoms with Crippen LogP contribution < -0.4 is 5.56 Å². The van der Waals surface area contributed by atoms with Crippen LogP contribution in [0.1, 0.15) is 10.5 Å². The fourth-order valence-electron chi connectivity index (χ4n) is 2.13. The largest absolute Gasteiger partial charge is 0.296 e. The molecule has 0 unspecified atom stereocenters. The molecular weight excluding hydrogens is 295 g/mol. The minimum Gasteiger partial charge on any atom is -0.296 e. The molecule has 104 valence electrons. The summed E-state index contributed by atoms with van der Waals surface area (Å²) in [4.78, 5) is 27.9. The van der Waals surface area contributed by atoms with Gasteiger partial charge in [-0.1, -0.05) is 23.7 Å². The number of halogens is 2. The van der Waals surface area contributed by atoms with E-state index in [0.29, 0.717) is 22.5 Å². The molecule has 0 bridgehead atoms. The van der Waals surface area contributed by atoms with Crippen molar-refractivity contribution in [2.24, 2.45) is 0 Å². The van der Waals surface area contributed by atoms with Crippen LogP contribution in [0.4, 0.5) is 4.39 Å². The maximum atomic E-state index is 13.4. The van der Waals surface area contributed by atoms with E-state index in [2.05, 4.69) is 4.98 Å². The van der Waals surface area contributed by atoms with Crippen LogP contribution in [0.5, 0.6) is 0 Å². The predicted octanol–water partition coefficient (Wildman–Crippen LogP) is 2.97. The van der Waals surface area contributed by atoms with Crippen LogP contribution in [-0.4, -0.2) is 15.7 Å². The zero-order chi connectivity index (χ0) is 15.0. The van der Waals surface area contributed by atoms with E-state index >= 15 is 0 Å². The summed E-state index contributed by atoms with van der Waals surface area (Å²) in [5, 5.41) is 0.357. The second kappa shape index (κ2) is 5.10. The van der Waals surface area contributed by atoms with Crippen LogP contribution in [0.15, 0.2) is 47.4 Å². The molecule has 3 rings (SSSR count). The summed E-state index contributed by atoms with van der Waals surface area (Å²) >= 11 is 5.87. The number of hydrogen-bond acceptors (Lipinski definition) is 3. The molecular formula is C15H8ClFN2O2. The van der Waals surface area contributed by atoms with Gasteiger partial charge in [-0.05, 0) is 29.8 Å². The highest BCUT2D eigenvalue weighted by Gasteiger charge is 2.15. The van der Waals surface area contributed by atoms with E-state index in [1.165, 1.54) is 34.9 Å². The Morgan fingerprint density at radius 3 is 2.76 bits per heavy atom. The molecule has 0 atom stereocenters. The minimum atomic E-state index is -0.500. The summed E-state index contributed by atoms with van der Waals surface area (Å²) in [6, 6.07) is 8.55. The molecule has 21 heavy (non-hydrogen) atoms. The molecule has 0 aliphatic heterocycles. The molecule has 0 amide bonds. The van der Waals surface area contributed by atoms with E-state index in [0.717, 1.165) is 0 Å². The number of carbonyl (C=O) groups is 1. The Bertz CT molecular complexity index is 921. The second-order valence-corrected chi connectivity index (χ2v) is 4.82. The average Bonchev–Trinajstić information content (AvgIpc) is 2.47. The molecule has 6 heteroatoms. The monoisotopic (exact) mass is 302 g/mol. The first-order valence-electron chi connectivity index (χ1n) is 6.03. The lowest BCUT2D eigenvalue weighted by atomic mass is 10.1. The van der Waals surface area contributed by atoms with Crippen molar-refractivity contribution in [2.45, 2.75) is 0 Å². The first-order chi connectivity index (χ1) is 10.1. The van der Waals surface area contributed by atoms with Gasteiger partial charge in [0.1, 0.15) is 17.2 Å². The van der Waals surface area contributed by atoms with Gasteiger partial charge in [-0.3, -0.25) is 14.0 Å². The number of nitrogens with zero attached hydrogens (tertiary/aromatic N) is 2. The van der Waals surface area contributed by atoms with Crippen LogP contribution in [-0.2, 0) is 0 Å². The van der Waals surface area contributed by atoms with E-state index in [9.17, 15) is 14.0 Å². The number of hydrogen-bond donors (Lipinski definition) is 0. The van der Waals surface area contributed by atoms with Crippen molar-refractivity contribution < 1.29 is 9.18 Å². The number of rotatable bonds is 2. The molecule has 0 saturated heterocycles. The van der Waals surface area contributed by atoms with Crippen LogP contribution in [0.2, 0.25) is 5.02 Å². The minimum absolute atomic E-state index is 0.0343. The van der Waals surface area contributed by atoms with Crippen molar-refractivity contribution in [1.82, 2.24) is 9.38 Å². The highest BCUT2D eigenvalue weighted by Crippen LogP contribution is 2.20. The number of aldehydes is 1. The molecule has 0 spiro atoms. The molecule has 0 saturated carbocycles. The van der Waals surface area contributed by atoms with Crippen molar-refractivity contribution in [3.63, 3.8) is 0 Å². The van der Waals surface area contributed by atoms with Gasteiger partial charge in [0.2, 0.25) is 0 Å². The van der Waals surface area contributed by atoms with Crippen molar-refractivity contribution in [3.8, 4) is 11.1 Å². The van der Waals surface area contributed by atoms with Crippen molar-refractivity contribution in [1.29, 1.82) is 0 Å². The van der Waals surface area contributed by atoms with Gasteiger partial charge >= 0.3 is 0 Å². The summed E-state index contributed by atoms with van der Waals surface area (Å²) < 4.78 is 14.6. The topological polar surface area (TPSA) is 51.4 Å². The van der Waals surface area contributed by atoms with Crippen molar-refractivity contribution >= 4 is 23.5 Å². The number of carbonyl (C=O) groups excluding carboxylic acids is 1. The van der Waals surface area contributed by atoms with E-state index < -0.39 is 11.4 Å². The summed E-state index contributed by atoms with van der Waals surface area (Å²) in [5.41, 5.74) is 0.128. The molecule has 3 aromatic rings. The predicted molar refractivity (Wildman–Crippen MR) is 77.3 cm³/mol. The number of pyridine rings is 1. The van der Waals surface area contributed by atoms with Gasteiger partial charge in [-0.25, -0.2) is 9.37 Å². The number of fused-ring (bicyclic) bond motifs is 1. The van der Waals surface area contributed by atoms with E-state index in [1.54, 1.807) is 12.1 Å². The summed E-state index contributed by atoms with van der Waals surface area (Å²) in [7, 11) is 0. The highest BCUT2D eigenvalue weighted by molar-refractivity contribution is 6.30. The Labute approximate surface area is 123 Å². The van der Waals surface area contributed by atoms with Gasteiger partial charge in [0.25, 0.3) is 5.56 Å². The van der Waals surface area contributed by atoms with E-state index in [-0.39, 0.29) is 11.3 Å². The molecule has 0 aliphatic rings. The van der Waals surface area contributed by atoms with E-state index in [4.69, 9.17) is 11.6 Å². The fourth-order valence-corrected chi connectivity index (χ4v) is 2.29. The Morgan fingerprint density at radius 1 is 1.24 bits per heavy atom. The van der Waals surface area contributed by atoms with Gasteiger partial charge in [0.05, 0.1) is 10.6 Å². The van der Waals surface area contributed by atoms with Gasteiger partial charge in [0.15, 0.2) is 6.29 Å². The SMILES string of the molecule is O=Cc1nc2ccc(Cl)cn2c(=O)c1-c1cccc(F)c1. The third kappa shape index (κ3) is 2.32. The Kier molecular flexibility index (Phi) is 3.27. The lowest BCUT2D eigenvalue weighted by Crippen LogP contribution is -2.19. The van der Waals surface area contributed by atoms with E-state index in [1.807, 2.05) is 0 Å². The molecule has 0 aliphatic carbocycles. The number of aromatic nitrogens is 2. The number of benzene rings is 1. The average molecular weight is 303 g/mol. The van der Waals surface area contributed by atoms with Gasteiger partial charge in [0, 0.05) is 6.20 Å². The molecule has 4 nitrogen and oxygen atoms in total. The second-order valence-electron chi connectivity index (χ2n) is 4.38. The van der Waals surface area contributed by atoms with Crippen LogP contribution in [0, 0.1) is 5.82 Å². The molecule has 1 aromatic carbocycles. The van der Waals surface area contributed by atoms with Crippen LogP contribution in [0.3, 0.4) is 0 Å².